The van der Waals surface area contributed by atoms with E-state index in [2.05, 4.69) is 30.1 Å². The summed E-state index contributed by atoms with van der Waals surface area (Å²) in [6, 6.07) is 1.69. The van der Waals surface area contributed by atoms with Gasteiger partial charge in [-0.1, -0.05) is 0 Å². The van der Waals surface area contributed by atoms with Crippen LogP contribution >= 0.6 is 11.5 Å². The number of anilines is 2. The summed E-state index contributed by atoms with van der Waals surface area (Å²) >= 11 is 1.31. The first-order valence-electron chi connectivity index (χ1n) is 12.4. The predicted molar refractivity (Wildman–Crippen MR) is 144 cm³/mol. The van der Waals surface area contributed by atoms with Gasteiger partial charge >= 0.3 is 6.09 Å². The number of fused-ring (bicyclic) bond motifs is 1. The summed E-state index contributed by atoms with van der Waals surface area (Å²) in [7, 11) is 1.84. The van der Waals surface area contributed by atoms with E-state index in [0.29, 0.717) is 24.6 Å². The van der Waals surface area contributed by atoms with Gasteiger partial charge in [-0.3, -0.25) is 13.9 Å². The summed E-state index contributed by atoms with van der Waals surface area (Å²) in [6.45, 7) is 8.40. The first-order valence-corrected chi connectivity index (χ1v) is 13.2. The van der Waals surface area contributed by atoms with Gasteiger partial charge in [-0.05, 0) is 58.1 Å². The van der Waals surface area contributed by atoms with Crippen LogP contribution in [-0.4, -0.2) is 70.2 Å². The second-order valence-electron chi connectivity index (χ2n) is 10.4. The standard InChI is InChI=1S/C25H31N9O3S/c1-15-9-20(38-31-15)30-21-22-26-11-19(16-10-27-32(5)12-16)34(22)14-18(29-21)23(35)28-17-7-6-8-33(13-17)24(36)37-25(2,3)4/h9-12,14,17H,6-8,13H2,1-5H3,(H,28,35)(H,29,30). The highest BCUT2D eigenvalue weighted by Crippen LogP contribution is 2.28. The zero-order valence-corrected chi connectivity index (χ0v) is 22.9. The molecule has 0 bridgehead atoms. The molecule has 0 aromatic carbocycles. The average Bonchev–Trinajstić information content (AvgIpc) is 3.57. The summed E-state index contributed by atoms with van der Waals surface area (Å²) in [5.74, 6) is 0.104. The molecule has 0 spiro atoms. The lowest BCUT2D eigenvalue weighted by atomic mass is 10.1. The fourth-order valence-corrected chi connectivity index (χ4v) is 5.00. The fraction of sp³-hybridized carbons (Fsp3) is 0.440. The molecule has 5 heterocycles. The lowest BCUT2D eigenvalue weighted by Gasteiger charge is -2.34. The van der Waals surface area contributed by atoms with Crippen molar-refractivity contribution < 1.29 is 14.3 Å². The van der Waals surface area contributed by atoms with Gasteiger partial charge in [0.05, 0.1) is 23.8 Å². The number of rotatable bonds is 5. The quantitative estimate of drug-likeness (QED) is 0.393. The molecule has 2 amide bonds. The zero-order chi connectivity index (χ0) is 27.0. The Kier molecular flexibility index (Phi) is 6.78. The van der Waals surface area contributed by atoms with E-state index in [4.69, 9.17) is 4.74 Å². The Morgan fingerprint density at radius 1 is 1.21 bits per heavy atom. The van der Waals surface area contributed by atoms with Crippen LogP contribution in [0.3, 0.4) is 0 Å². The molecule has 1 atom stereocenters. The van der Waals surface area contributed by atoms with Gasteiger partial charge in [0.25, 0.3) is 5.91 Å². The van der Waals surface area contributed by atoms with E-state index in [1.54, 1.807) is 28.2 Å². The second kappa shape index (κ2) is 10.0. The SMILES string of the molecule is Cc1cc(Nc2nc(C(=O)NC3CCCN(C(=O)OC(C)(C)C)C3)cn3c(-c4cnn(C)c4)cnc23)sn1. The molecule has 4 aromatic rings. The molecule has 0 saturated carbocycles. The highest BCUT2D eigenvalue weighted by molar-refractivity contribution is 7.10. The molecule has 0 radical (unpaired) electrons. The molecule has 2 N–H and O–H groups in total. The third-order valence-electron chi connectivity index (χ3n) is 6.00. The van der Waals surface area contributed by atoms with Gasteiger partial charge in [-0.15, -0.1) is 0 Å². The Morgan fingerprint density at radius 2 is 2.03 bits per heavy atom. The molecule has 13 heteroatoms. The number of nitrogens with zero attached hydrogens (tertiary/aromatic N) is 7. The number of carbonyl (C=O) groups is 2. The third-order valence-corrected chi connectivity index (χ3v) is 6.80. The molecule has 38 heavy (non-hydrogen) atoms. The Balaban J connectivity index is 1.43. The Morgan fingerprint density at radius 3 is 2.71 bits per heavy atom. The molecule has 200 valence electrons. The predicted octanol–water partition coefficient (Wildman–Crippen LogP) is 3.77. The van der Waals surface area contributed by atoms with E-state index in [1.165, 1.54) is 11.5 Å². The second-order valence-corrected chi connectivity index (χ2v) is 11.2. The van der Waals surface area contributed by atoms with Gasteiger partial charge in [0.2, 0.25) is 0 Å². The minimum absolute atomic E-state index is 0.220. The minimum Gasteiger partial charge on any atom is -0.444 e. The van der Waals surface area contributed by atoms with Crippen molar-refractivity contribution in [3.8, 4) is 11.3 Å². The van der Waals surface area contributed by atoms with Crippen molar-refractivity contribution in [3.63, 3.8) is 0 Å². The zero-order valence-electron chi connectivity index (χ0n) is 22.1. The van der Waals surface area contributed by atoms with E-state index < -0.39 is 5.60 Å². The average molecular weight is 538 g/mol. The third kappa shape index (κ3) is 5.62. The summed E-state index contributed by atoms with van der Waals surface area (Å²) in [5.41, 5.74) is 2.73. The van der Waals surface area contributed by atoms with Crippen LogP contribution in [0.25, 0.3) is 16.9 Å². The first-order chi connectivity index (χ1) is 18.1. The van der Waals surface area contributed by atoms with Crippen molar-refractivity contribution in [1.29, 1.82) is 0 Å². The number of amides is 2. The topological polar surface area (TPSA) is 132 Å². The number of hydrogen-bond donors (Lipinski definition) is 2. The Bertz CT molecular complexity index is 1480. The molecule has 1 aliphatic rings. The number of aromatic nitrogens is 6. The minimum atomic E-state index is -0.580. The summed E-state index contributed by atoms with van der Waals surface area (Å²) in [6.07, 6.45) is 8.19. The van der Waals surface area contributed by atoms with Gasteiger partial charge < -0.3 is 20.3 Å². The Hall–Kier alpha value is -4.00. The molecule has 0 aliphatic carbocycles. The van der Waals surface area contributed by atoms with Crippen molar-refractivity contribution in [3.05, 3.63) is 42.2 Å². The van der Waals surface area contributed by atoms with Gasteiger partial charge in [0.15, 0.2) is 11.5 Å². The largest absolute Gasteiger partial charge is 0.444 e. The van der Waals surface area contributed by atoms with Crippen molar-refractivity contribution in [2.75, 3.05) is 18.4 Å². The van der Waals surface area contributed by atoms with Crippen LogP contribution in [0.15, 0.2) is 30.9 Å². The molecule has 1 fully saturated rings. The number of aryl methyl sites for hydroxylation is 2. The first kappa shape index (κ1) is 25.6. The van der Waals surface area contributed by atoms with E-state index in [0.717, 1.165) is 34.8 Å². The lowest BCUT2D eigenvalue weighted by molar-refractivity contribution is 0.0185. The lowest BCUT2D eigenvalue weighted by Crippen LogP contribution is -2.50. The Labute approximate surface area is 224 Å². The highest BCUT2D eigenvalue weighted by atomic mass is 32.1. The van der Waals surface area contributed by atoms with Crippen molar-refractivity contribution in [2.24, 2.45) is 7.05 Å². The van der Waals surface area contributed by atoms with E-state index in [-0.39, 0.29) is 23.7 Å². The number of piperidine rings is 1. The molecular weight excluding hydrogens is 506 g/mol. The monoisotopic (exact) mass is 537 g/mol. The molecule has 4 aromatic heterocycles. The maximum Gasteiger partial charge on any atom is 0.410 e. The number of ether oxygens (including phenoxy) is 1. The molecular formula is C25H31N9O3S. The molecule has 1 unspecified atom stereocenters. The number of hydrogen-bond acceptors (Lipinski definition) is 9. The van der Waals surface area contributed by atoms with E-state index in [1.807, 2.05) is 51.4 Å². The molecule has 12 nitrogen and oxygen atoms in total. The maximum atomic E-state index is 13.4. The summed E-state index contributed by atoms with van der Waals surface area (Å²) in [5, 5.41) is 11.4. The number of imidazole rings is 1. The number of carbonyl (C=O) groups excluding carboxylic acids is 2. The number of nitrogens with one attached hydrogen (secondary N) is 2. The van der Waals surface area contributed by atoms with Crippen LogP contribution in [0.2, 0.25) is 0 Å². The molecule has 1 aliphatic heterocycles. The van der Waals surface area contributed by atoms with Crippen molar-refractivity contribution in [1.82, 2.24) is 38.7 Å². The van der Waals surface area contributed by atoms with Gasteiger partial charge in [-0.25, -0.2) is 14.8 Å². The van der Waals surface area contributed by atoms with Crippen LogP contribution in [0.4, 0.5) is 15.6 Å². The van der Waals surface area contributed by atoms with Crippen LogP contribution in [0.1, 0.15) is 49.8 Å². The summed E-state index contributed by atoms with van der Waals surface area (Å²) in [4.78, 5) is 36.9. The van der Waals surface area contributed by atoms with Crippen LogP contribution in [0, 0.1) is 6.92 Å². The normalized spacial score (nSPS) is 16.0. The van der Waals surface area contributed by atoms with Gasteiger partial charge in [-0.2, -0.15) is 9.47 Å². The van der Waals surface area contributed by atoms with Crippen molar-refractivity contribution in [2.45, 2.75) is 52.2 Å². The number of likely N-dealkylation sites (tertiary alicyclic amines) is 1. The fourth-order valence-electron chi connectivity index (χ4n) is 4.33. The van der Waals surface area contributed by atoms with Crippen LogP contribution < -0.4 is 10.6 Å². The van der Waals surface area contributed by atoms with Crippen molar-refractivity contribution >= 4 is 40.0 Å². The van der Waals surface area contributed by atoms with E-state index >= 15 is 0 Å². The van der Waals surface area contributed by atoms with Gasteiger partial charge in [0.1, 0.15) is 16.3 Å². The van der Waals surface area contributed by atoms with Crippen LogP contribution in [-0.2, 0) is 11.8 Å². The molecule has 5 rings (SSSR count). The maximum absolute atomic E-state index is 13.4. The summed E-state index contributed by atoms with van der Waals surface area (Å²) < 4.78 is 13.4. The van der Waals surface area contributed by atoms with E-state index in [9.17, 15) is 9.59 Å². The molecule has 1 saturated heterocycles. The highest BCUT2D eigenvalue weighted by Gasteiger charge is 2.29. The van der Waals surface area contributed by atoms with Crippen LogP contribution in [0.5, 0.6) is 0 Å². The smallest absolute Gasteiger partial charge is 0.410 e. The van der Waals surface area contributed by atoms with Gasteiger partial charge in [0, 0.05) is 44.1 Å².